The maximum atomic E-state index is 13.5. The van der Waals surface area contributed by atoms with Crippen LogP contribution < -0.4 is 5.32 Å². The van der Waals surface area contributed by atoms with Crippen molar-refractivity contribution in [3.8, 4) is 0 Å². The van der Waals surface area contributed by atoms with Gasteiger partial charge in [-0.25, -0.2) is 8.78 Å². The molecule has 7 heteroatoms. The first-order valence-corrected chi connectivity index (χ1v) is 11.4. The van der Waals surface area contributed by atoms with E-state index in [1.165, 1.54) is 23.5 Å². The van der Waals surface area contributed by atoms with Gasteiger partial charge >= 0.3 is 0 Å². The van der Waals surface area contributed by atoms with Crippen LogP contribution in [0.4, 0.5) is 8.78 Å². The predicted octanol–water partition coefficient (Wildman–Crippen LogP) is 5.21. The molecule has 1 aromatic heterocycles. The molecule has 1 aliphatic rings. The SMILES string of the molecule is CCCC1CCCCN1C(=O)[C@H](Cc1ccc(C(F)F)cc1)NC(=O)c1cccs1. The van der Waals surface area contributed by atoms with Crippen LogP contribution in [0.15, 0.2) is 41.8 Å². The maximum absolute atomic E-state index is 13.5. The fourth-order valence-electron chi connectivity index (χ4n) is 4.00. The number of alkyl halides is 2. The van der Waals surface area contributed by atoms with E-state index >= 15 is 0 Å². The molecule has 3 rings (SSSR count). The molecule has 162 valence electrons. The largest absolute Gasteiger partial charge is 0.339 e. The van der Waals surface area contributed by atoms with Gasteiger partial charge in [-0.3, -0.25) is 9.59 Å². The fraction of sp³-hybridized carbons (Fsp3) is 0.478. The molecule has 0 bridgehead atoms. The average molecular weight is 435 g/mol. The molecule has 30 heavy (non-hydrogen) atoms. The number of nitrogens with zero attached hydrogens (tertiary/aromatic N) is 1. The lowest BCUT2D eigenvalue weighted by Crippen LogP contribution is -2.54. The van der Waals surface area contributed by atoms with Crippen LogP contribution in [0, 0.1) is 0 Å². The first-order valence-electron chi connectivity index (χ1n) is 10.5. The van der Waals surface area contributed by atoms with Gasteiger partial charge in [-0.15, -0.1) is 11.3 Å². The van der Waals surface area contributed by atoms with Gasteiger partial charge in [-0.1, -0.05) is 43.7 Å². The third kappa shape index (κ3) is 5.65. The van der Waals surface area contributed by atoms with Gasteiger partial charge in [0.1, 0.15) is 6.04 Å². The van der Waals surface area contributed by atoms with E-state index in [2.05, 4.69) is 12.2 Å². The van der Waals surface area contributed by atoms with Crippen LogP contribution in [0.3, 0.4) is 0 Å². The zero-order valence-electron chi connectivity index (χ0n) is 17.2. The second-order valence-corrected chi connectivity index (χ2v) is 8.67. The Morgan fingerprint density at radius 1 is 1.20 bits per heavy atom. The van der Waals surface area contributed by atoms with Crippen molar-refractivity contribution in [2.24, 2.45) is 0 Å². The molecule has 2 aromatic rings. The molecular weight excluding hydrogens is 406 g/mol. The molecule has 4 nitrogen and oxygen atoms in total. The molecule has 2 amide bonds. The third-order valence-corrected chi connectivity index (χ3v) is 6.42. The smallest absolute Gasteiger partial charge is 0.263 e. The Morgan fingerprint density at radius 2 is 1.97 bits per heavy atom. The standard InChI is InChI=1S/C23H28F2N2O2S/c1-2-6-18-7-3-4-13-27(18)23(29)19(26-22(28)20-8-5-14-30-20)15-16-9-11-17(12-10-16)21(24)25/h5,8-12,14,18-19,21H,2-4,6-7,13,15H2,1H3,(H,26,28)/t18?,19-/m0/s1. The number of amides is 2. The van der Waals surface area contributed by atoms with Crippen LogP contribution in [0.1, 0.15) is 66.3 Å². The van der Waals surface area contributed by atoms with Crippen molar-refractivity contribution < 1.29 is 18.4 Å². The molecule has 2 heterocycles. The molecule has 0 spiro atoms. The summed E-state index contributed by atoms with van der Waals surface area (Å²) < 4.78 is 25.7. The van der Waals surface area contributed by atoms with Crippen molar-refractivity contribution in [1.82, 2.24) is 10.2 Å². The number of carbonyl (C=O) groups is 2. The Bertz CT molecular complexity index is 822. The second-order valence-electron chi connectivity index (χ2n) is 7.72. The molecule has 1 aromatic carbocycles. The van der Waals surface area contributed by atoms with E-state index in [9.17, 15) is 18.4 Å². The monoisotopic (exact) mass is 434 g/mol. The minimum atomic E-state index is -2.53. The van der Waals surface area contributed by atoms with E-state index < -0.39 is 12.5 Å². The molecule has 1 saturated heterocycles. The van der Waals surface area contributed by atoms with Crippen LogP contribution in [0.2, 0.25) is 0 Å². The van der Waals surface area contributed by atoms with Gasteiger partial charge in [-0.05, 0) is 42.7 Å². The zero-order valence-corrected chi connectivity index (χ0v) is 18.0. The minimum absolute atomic E-state index is 0.0525. The average Bonchev–Trinajstić information content (AvgIpc) is 3.29. The fourth-order valence-corrected chi connectivity index (χ4v) is 4.62. The van der Waals surface area contributed by atoms with Crippen molar-refractivity contribution in [3.05, 3.63) is 57.8 Å². The van der Waals surface area contributed by atoms with Gasteiger partial charge in [0.05, 0.1) is 4.88 Å². The lowest BCUT2D eigenvalue weighted by Gasteiger charge is -2.38. The van der Waals surface area contributed by atoms with Crippen molar-refractivity contribution in [2.45, 2.75) is 64.0 Å². The van der Waals surface area contributed by atoms with E-state index in [-0.39, 0.29) is 29.8 Å². The highest BCUT2D eigenvalue weighted by Gasteiger charge is 2.32. The van der Waals surface area contributed by atoms with Crippen LogP contribution in [0.5, 0.6) is 0 Å². The van der Waals surface area contributed by atoms with Gasteiger partial charge in [0.15, 0.2) is 0 Å². The molecule has 1 unspecified atom stereocenters. The zero-order chi connectivity index (χ0) is 21.5. The van der Waals surface area contributed by atoms with E-state index in [0.29, 0.717) is 11.4 Å². The number of benzene rings is 1. The van der Waals surface area contributed by atoms with E-state index in [1.54, 1.807) is 24.3 Å². The molecule has 0 saturated carbocycles. The summed E-state index contributed by atoms with van der Waals surface area (Å²) >= 11 is 1.32. The highest BCUT2D eigenvalue weighted by atomic mass is 32.1. The van der Waals surface area contributed by atoms with Crippen molar-refractivity contribution in [3.63, 3.8) is 0 Å². The molecule has 1 N–H and O–H groups in total. The van der Waals surface area contributed by atoms with Gasteiger partial charge in [0, 0.05) is 24.6 Å². The van der Waals surface area contributed by atoms with Crippen LogP contribution in [-0.2, 0) is 11.2 Å². The summed E-state index contributed by atoms with van der Waals surface area (Å²) in [6.45, 7) is 2.80. The van der Waals surface area contributed by atoms with Crippen molar-refractivity contribution >= 4 is 23.2 Å². The first kappa shape index (κ1) is 22.4. The third-order valence-electron chi connectivity index (χ3n) is 5.55. The summed E-state index contributed by atoms with van der Waals surface area (Å²) in [6.07, 6.45) is 2.73. The summed E-state index contributed by atoms with van der Waals surface area (Å²) in [5, 5.41) is 4.71. The Hall–Kier alpha value is -2.28. The Balaban J connectivity index is 1.80. The van der Waals surface area contributed by atoms with Gasteiger partial charge in [0.2, 0.25) is 5.91 Å². The molecule has 1 fully saturated rings. The predicted molar refractivity (Wildman–Crippen MR) is 115 cm³/mol. The number of hydrogen-bond acceptors (Lipinski definition) is 3. The summed E-state index contributed by atoms with van der Waals surface area (Å²) in [6, 6.07) is 8.96. The molecule has 0 radical (unpaired) electrons. The lowest BCUT2D eigenvalue weighted by atomic mass is 9.95. The van der Waals surface area contributed by atoms with E-state index in [0.717, 1.165) is 37.7 Å². The Morgan fingerprint density at radius 3 is 2.60 bits per heavy atom. The molecular formula is C23H28F2N2O2S. The molecule has 1 aliphatic heterocycles. The van der Waals surface area contributed by atoms with Crippen LogP contribution >= 0.6 is 11.3 Å². The topological polar surface area (TPSA) is 49.4 Å². The number of likely N-dealkylation sites (tertiary alicyclic amines) is 1. The summed E-state index contributed by atoms with van der Waals surface area (Å²) in [5.74, 6) is -0.368. The highest BCUT2D eigenvalue weighted by molar-refractivity contribution is 7.12. The quantitative estimate of drug-likeness (QED) is 0.620. The van der Waals surface area contributed by atoms with Gasteiger partial charge < -0.3 is 10.2 Å². The van der Waals surface area contributed by atoms with Crippen molar-refractivity contribution in [2.75, 3.05) is 6.54 Å². The number of carbonyl (C=O) groups excluding carboxylic acids is 2. The van der Waals surface area contributed by atoms with Crippen LogP contribution in [-0.4, -0.2) is 35.3 Å². The highest BCUT2D eigenvalue weighted by Crippen LogP contribution is 2.23. The number of hydrogen-bond donors (Lipinski definition) is 1. The number of rotatable bonds is 8. The summed E-state index contributed by atoms with van der Waals surface area (Å²) in [5.41, 5.74) is 0.691. The van der Waals surface area contributed by atoms with E-state index in [4.69, 9.17) is 0 Å². The summed E-state index contributed by atoms with van der Waals surface area (Å²) in [7, 11) is 0. The van der Waals surface area contributed by atoms with Crippen LogP contribution in [0.25, 0.3) is 0 Å². The normalized spacial score (nSPS) is 17.7. The summed E-state index contributed by atoms with van der Waals surface area (Å²) in [4.78, 5) is 28.6. The lowest BCUT2D eigenvalue weighted by molar-refractivity contribution is -0.137. The Labute approximate surface area is 180 Å². The minimum Gasteiger partial charge on any atom is -0.339 e. The van der Waals surface area contributed by atoms with E-state index in [1.807, 2.05) is 10.3 Å². The number of nitrogens with one attached hydrogen (secondary N) is 1. The maximum Gasteiger partial charge on any atom is 0.263 e. The second kappa shape index (κ2) is 10.7. The van der Waals surface area contributed by atoms with Gasteiger partial charge in [0.25, 0.3) is 12.3 Å². The number of halogens is 2. The molecule has 0 aliphatic carbocycles. The molecule has 2 atom stereocenters. The number of thiophene rings is 1. The number of piperidine rings is 1. The first-order chi connectivity index (χ1) is 14.5. The van der Waals surface area contributed by atoms with Gasteiger partial charge in [-0.2, -0.15) is 0 Å². The Kier molecular flexibility index (Phi) is 7.96. The van der Waals surface area contributed by atoms with Crippen molar-refractivity contribution in [1.29, 1.82) is 0 Å².